The number of rotatable bonds is 8. The first-order chi connectivity index (χ1) is 18.5. The molecule has 1 amide bonds. The Balaban J connectivity index is 1.45. The van der Waals surface area contributed by atoms with Crippen LogP contribution in [-0.2, 0) is 16.6 Å². The average Bonchev–Trinajstić information content (AvgIpc) is 3.16. The maximum atomic E-state index is 12.7. The van der Waals surface area contributed by atoms with Gasteiger partial charge in [-0.1, -0.05) is 41.9 Å². The third-order valence-electron chi connectivity index (χ3n) is 6.65. The zero-order chi connectivity index (χ0) is 28.3. The Morgan fingerprint density at radius 1 is 0.974 bits per heavy atom. The molecule has 0 bridgehead atoms. The summed E-state index contributed by atoms with van der Waals surface area (Å²) in [6.07, 6.45) is 2.79. The molecular weight excluding hydrogens is 532 g/mol. The van der Waals surface area contributed by atoms with E-state index in [4.69, 9.17) is 11.6 Å². The lowest BCUT2D eigenvalue weighted by Crippen LogP contribution is -2.29. The smallest absolute Gasteiger partial charge is 0.271 e. The van der Waals surface area contributed by atoms with Gasteiger partial charge in [-0.3, -0.25) is 9.10 Å². The van der Waals surface area contributed by atoms with Gasteiger partial charge in [0.1, 0.15) is 0 Å². The summed E-state index contributed by atoms with van der Waals surface area (Å²) in [5.74, 6) is -0.369. The number of amides is 1. The first-order valence-electron chi connectivity index (χ1n) is 12.4. The number of carbonyl (C=O) groups is 1. The molecule has 0 saturated heterocycles. The quantitative estimate of drug-likeness (QED) is 0.208. The van der Waals surface area contributed by atoms with Crippen molar-refractivity contribution in [3.05, 3.63) is 117 Å². The Bertz CT molecular complexity index is 1660. The maximum Gasteiger partial charge on any atom is 0.271 e. The number of benzene rings is 3. The van der Waals surface area contributed by atoms with Crippen LogP contribution in [0, 0.1) is 27.7 Å². The molecule has 39 heavy (non-hydrogen) atoms. The third-order valence-corrected chi connectivity index (χ3v) is 8.11. The van der Waals surface area contributed by atoms with Crippen molar-refractivity contribution in [1.82, 2.24) is 9.99 Å². The van der Waals surface area contributed by atoms with E-state index in [9.17, 15) is 13.2 Å². The van der Waals surface area contributed by atoms with E-state index in [2.05, 4.69) is 10.5 Å². The number of anilines is 1. The van der Waals surface area contributed by atoms with Gasteiger partial charge in [0, 0.05) is 22.5 Å². The van der Waals surface area contributed by atoms with Crippen LogP contribution < -0.4 is 9.73 Å². The number of aromatic nitrogens is 1. The highest BCUT2D eigenvalue weighted by molar-refractivity contribution is 7.92. The van der Waals surface area contributed by atoms with Gasteiger partial charge in [-0.25, -0.2) is 13.8 Å². The predicted molar refractivity (Wildman–Crippen MR) is 159 cm³/mol. The van der Waals surface area contributed by atoms with Gasteiger partial charge in [-0.15, -0.1) is 0 Å². The van der Waals surface area contributed by atoms with E-state index < -0.39 is 10.0 Å². The molecule has 4 rings (SSSR count). The van der Waals surface area contributed by atoms with Crippen molar-refractivity contribution in [2.75, 3.05) is 10.6 Å². The Hall–Kier alpha value is -3.88. The Morgan fingerprint density at radius 3 is 2.31 bits per heavy atom. The largest absolute Gasteiger partial charge is 0.316 e. The van der Waals surface area contributed by atoms with Gasteiger partial charge in [0.25, 0.3) is 5.91 Å². The fraction of sp³-hybridized carbons (Fsp3) is 0.200. The third kappa shape index (κ3) is 6.41. The first-order valence-corrected chi connectivity index (χ1v) is 14.6. The zero-order valence-corrected chi connectivity index (χ0v) is 24.1. The van der Waals surface area contributed by atoms with E-state index >= 15 is 0 Å². The highest BCUT2D eigenvalue weighted by Gasteiger charge is 2.19. The number of halogens is 1. The summed E-state index contributed by atoms with van der Waals surface area (Å²) in [5, 5.41) is 4.80. The van der Waals surface area contributed by atoms with E-state index in [0.29, 0.717) is 16.3 Å². The lowest BCUT2D eigenvalue weighted by atomic mass is 10.1. The molecule has 7 nitrogen and oxygen atoms in total. The van der Waals surface area contributed by atoms with Crippen molar-refractivity contribution >= 4 is 39.4 Å². The van der Waals surface area contributed by atoms with Crippen LogP contribution in [0.15, 0.2) is 77.9 Å². The van der Waals surface area contributed by atoms with Crippen molar-refractivity contribution in [3.8, 4) is 5.69 Å². The molecule has 0 aliphatic heterocycles. The molecule has 0 aliphatic rings. The molecule has 4 aromatic rings. The number of nitrogens with zero attached hydrogens (tertiary/aromatic N) is 3. The molecular formula is C30H31ClN4O3S. The topological polar surface area (TPSA) is 83.8 Å². The molecule has 1 aromatic heterocycles. The Labute approximate surface area is 234 Å². The fourth-order valence-corrected chi connectivity index (χ4v) is 5.46. The van der Waals surface area contributed by atoms with Gasteiger partial charge in [-0.05, 0) is 86.8 Å². The van der Waals surface area contributed by atoms with Crippen LogP contribution in [0.3, 0.4) is 0 Å². The van der Waals surface area contributed by atoms with Gasteiger partial charge in [0.05, 0.1) is 35.4 Å². The molecule has 0 radical (unpaired) electrons. The van der Waals surface area contributed by atoms with Crippen LogP contribution in [0.5, 0.6) is 0 Å². The Kier molecular flexibility index (Phi) is 8.28. The molecule has 1 N–H and O–H groups in total. The number of aryl methyl sites for hydroxylation is 3. The van der Waals surface area contributed by atoms with Gasteiger partial charge in [-0.2, -0.15) is 5.10 Å². The van der Waals surface area contributed by atoms with Crippen LogP contribution >= 0.6 is 11.6 Å². The second kappa shape index (κ2) is 11.5. The molecule has 3 aromatic carbocycles. The van der Waals surface area contributed by atoms with Gasteiger partial charge < -0.3 is 4.57 Å². The fourth-order valence-electron chi connectivity index (χ4n) is 4.36. The second-order valence-corrected chi connectivity index (χ2v) is 11.9. The summed E-state index contributed by atoms with van der Waals surface area (Å²) in [4.78, 5) is 12.7. The molecule has 202 valence electrons. The minimum Gasteiger partial charge on any atom is -0.316 e. The molecule has 0 aliphatic carbocycles. The van der Waals surface area contributed by atoms with E-state index in [0.717, 1.165) is 39.3 Å². The summed E-state index contributed by atoms with van der Waals surface area (Å²) in [6.45, 7) is 8.04. The number of carbonyl (C=O) groups excluding carboxylic acids is 1. The number of sulfonamides is 1. The minimum atomic E-state index is -3.51. The lowest BCUT2D eigenvalue weighted by Gasteiger charge is -2.23. The van der Waals surface area contributed by atoms with Crippen LogP contribution in [0.1, 0.15) is 44.0 Å². The summed E-state index contributed by atoms with van der Waals surface area (Å²) >= 11 is 6.39. The summed E-state index contributed by atoms with van der Waals surface area (Å²) in [7, 11) is -3.51. The average molecular weight is 563 g/mol. The number of nitrogens with one attached hydrogen (secondary N) is 1. The van der Waals surface area contributed by atoms with E-state index in [1.54, 1.807) is 36.5 Å². The van der Waals surface area contributed by atoms with Crippen LogP contribution in [-0.4, -0.2) is 31.4 Å². The van der Waals surface area contributed by atoms with Gasteiger partial charge in [0.2, 0.25) is 10.0 Å². The first kappa shape index (κ1) is 28.1. The predicted octanol–water partition coefficient (Wildman–Crippen LogP) is 6.09. The zero-order valence-electron chi connectivity index (χ0n) is 22.6. The standard InChI is InChI=1S/C30H31ClN4O3S/c1-20-10-15-27(16-21(20)2)34(39(5,37)38)19-24-11-13-25(14-12-24)30(36)33-32-18-26-17-22(3)35(23(26)4)29-9-7-6-8-28(29)31/h6-18H,19H2,1-5H3,(H,33,36)/b32-18+. The van der Waals surface area contributed by atoms with Gasteiger partial charge >= 0.3 is 0 Å². The van der Waals surface area contributed by atoms with Gasteiger partial charge in [0.15, 0.2) is 0 Å². The van der Waals surface area contributed by atoms with E-state index in [-0.39, 0.29) is 12.5 Å². The van der Waals surface area contributed by atoms with Crippen LogP contribution in [0.4, 0.5) is 5.69 Å². The van der Waals surface area contributed by atoms with Crippen molar-refractivity contribution in [3.63, 3.8) is 0 Å². The van der Waals surface area contributed by atoms with Crippen LogP contribution in [0.25, 0.3) is 5.69 Å². The summed E-state index contributed by atoms with van der Waals surface area (Å²) < 4.78 is 28.5. The summed E-state index contributed by atoms with van der Waals surface area (Å²) in [5.41, 5.74) is 10.1. The van der Waals surface area contributed by atoms with E-state index in [1.165, 1.54) is 10.6 Å². The van der Waals surface area contributed by atoms with E-state index in [1.807, 2.05) is 74.7 Å². The molecule has 0 unspecified atom stereocenters. The number of hydrogen-bond donors (Lipinski definition) is 1. The molecule has 1 heterocycles. The molecule has 0 spiro atoms. The molecule has 9 heteroatoms. The number of hydrogen-bond acceptors (Lipinski definition) is 4. The number of para-hydroxylation sites is 1. The van der Waals surface area contributed by atoms with Crippen molar-refractivity contribution in [2.24, 2.45) is 5.10 Å². The second-order valence-electron chi connectivity index (χ2n) is 9.55. The van der Waals surface area contributed by atoms with Crippen molar-refractivity contribution < 1.29 is 13.2 Å². The minimum absolute atomic E-state index is 0.155. The normalized spacial score (nSPS) is 11.6. The highest BCUT2D eigenvalue weighted by Crippen LogP contribution is 2.26. The van der Waals surface area contributed by atoms with Crippen molar-refractivity contribution in [1.29, 1.82) is 0 Å². The maximum absolute atomic E-state index is 12.7. The highest BCUT2D eigenvalue weighted by atomic mass is 35.5. The lowest BCUT2D eigenvalue weighted by molar-refractivity contribution is 0.0955. The molecule has 0 atom stereocenters. The number of hydrazone groups is 1. The monoisotopic (exact) mass is 562 g/mol. The SMILES string of the molecule is Cc1ccc(N(Cc2ccc(C(=O)N/N=C/c3cc(C)n(-c4ccccc4Cl)c3C)cc2)S(C)(=O)=O)cc1C. The Morgan fingerprint density at radius 2 is 1.67 bits per heavy atom. The van der Waals surface area contributed by atoms with Crippen molar-refractivity contribution in [2.45, 2.75) is 34.2 Å². The van der Waals surface area contributed by atoms with Crippen LogP contribution in [0.2, 0.25) is 5.02 Å². The molecule has 0 saturated carbocycles. The molecule has 0 fully saturated rings. The summed E-state index contributed by atoms with van der Waals surface area (Å²) in [6, 6.07) is 22.0.